The molecule has 0 unspecified atom stereocenters. The van der Waals surface area contributed by atoms with Crippen LogP contribution in [-0.4, -0.2) is 10.1 Å². The number of halogens is 1. The van der Waals surface area contributed by atoms with E-state index in [4.69, 9.17) is 10.8 Å². The maximum absolute atomic E-state index is 8.88. The van der Waals surface area contributed by atoms with Crippen LogP contribution in [0.1, 0.15) is 5.69 Å². The quantitative estimate of drug-likeness (QED) is 0.795. The van der Waals surface area contributed by atoms with Gasteiger partial charge in [-0.2, -0.15) is 0 Å². The molecule has 15 heavy (non-hydrogen) atoms. The number of thiazole rings is 1. The van der Waals surface area contributed by atoms with Gasteiger partial charge in [0.15, 0.2) is 0 Å². The molecular weight excluding hydrogens is 232 g/mol. The highest BCUT2D eigenvalue weighted by Gasteiger charge is 2.06. The summed E-state index contributed by atoms with van der Waals surface area (Å²) < 4.78 is 0. The summed E-state index contributed by atoms with van der Waals surface area (Å²) in [5.74, 6) is 0. The van der Waals surface area contributed by atoms with E-state index >= 15 is 0 Å². The number of nitrogens with zero attached hydrogens (tertiary/aromatic N) is 1. The maximum atomic E-state index is 8.88. The second-order valence-corrected chi connectivity index (χ2v) is 3.75. The van der Waals surface area contributed by atoms with Gasteiger partial charge in [0.25, 0.3) is 0 Å². The molecule has 2 aromatic rings. The Hall–Kier alpha value is -1.10. The Kier molecular flexibility index (Phi) is 4.08. The summed E-state index contributed by atoms with van der Waals surface area (Å²) >= 11 is 1.49. The van der Waals surface area contributed by atoms with Crippen molar-refractivity contribution in [2.75, 3.05) is 5.73 Å². The molecule has 0 amide bonds. The van der Waals surface area contributed by atoms with E-state index in [0.29, 0.717) is 11.4 Å². The van der Waals surface area contributed by atoms with Gasteiger partial charge in [0.2, 0.25) is 0 Å². The molecule has 0 radical (unpaired) electrons. The fraction of sp³-hybridized carbons (Fsp3) is 0.100. The highest BCUT2D eigenvalue weighted by molar-refractivity contribution is 7.13. The number of hydrogen-bond acceptors (Lipinski definition) is 4. The van der Waals surface area contributed by atoms with Crippen molar-refractivity contribution in [1.82, 2.24) is 4.98 Å². The van der Waals surface area contributed by atoms with Crippen LogP contribution in [0.2, 0.25) is 0 Å². The smallest absolute Gasteiger partial charge is 0.125 e. The topological polar surface area (TPSA) is 59.1 Å². The van der Waals surface area contributed by atoms with Crippen LogP contribution in [-0.2, 0) is 6.61 Å². The molecule has 0 fully saturated rings. The van der Waals surface area contributed by atoms with E-state index in [1.165, 1.54) is 11.3 Å². The predicted octanol–water partition coefficient (Wildman–Crippen LogP) is 2.31. The highest BCUT2D eigenvalue weighted by Crippen LogP contribution is 2.28. The van der Waals surface area contributed by atoms with Crippen molar-refractivity contribution in [1.29, 1.82) is 0 Å². The summed E-state index contributed by atoms with van der Waals surface area (Å²) in [4.78, 5) is 4.25. The van der Waals surface area contributed by atoms with Gasteiger partial charge < -0.3 is 10.8 Å². The lowest BCUT2D eigenvalue weighted by molar-refractivity contribution is 0.278. The van der Waals surface area contributed by atoms with Crippen molar-refractivity contribution >= 4 is 29.4 Å². The first-order valence-corrected chi connectivity index (χ1v) is 5.09. The molecule has 3 nitrogen and oxygen atoms in total. The minimum Gasteiger partial charge on any atom is -0.398 e. The number of nitrogen functional groups attached to an aromatic ring is 1. The van der Waals surface area contributed by atoms with E-state index in [-0.39, 0.29) is 19.0 Å². The molecule has 0 atom stereocenters. The summed E-state index contributed by atoms with van der Waals surface area (Å²) in [5.41, 5.74) is 8.14. The van der Waals surface area contributed by atoms with Crippen LogP contribution in [0, 0.1) is 0 Å². The van der Waals surface area contributed by atoms with Gasteiger partial charge in [0.05, 0.1) is 12.3 Å². The summed E-state index contributed by atoms with van der Waals surface area (Å²) in [5, 5.41) is 11.6. The van der Waals surface area contributed by atoms with Crippen molar-refractivity contribution < 1.29 is 5.11 Å². The summed E-state index contributed by atoms with van der Waals surface area (Å²) in [7, 11) is 0. The first-order valence-electron chi connectivity index (χ1n) is 4.21. The Morgan fingerprint density at radius 3 is 2.67 bits per heavy atom. The van der Waals surface area contributed by atoms with Crippen LogP contribution in [0.4, 0.5) is 5.69 Å². The molecule has 0 spiro atoms. The summed E-state index contributed by atoms with van der Waals surface area (Å²) in [6, 6.07) is 7.58. The van der Waals surface area contributed by atoms with Crippen LogP contribution in [0.25, 0.3) is 10.6 Å². The largest absolute Gasteiger partial charge is 0.398 e. The molecule has 80 valence electrons. The van der Waals surface area contributed by atoms with Gasteiger partial charge in [-0.15, -0.1) is 23.7 Å². The Labute approximate surface area is 98.0 Å². The normalized spacial score (nSPS) is 9.67. The molecule has 0 saturated carbocycles. The molecule has 3 N–H and O–H groups in total. The number of nitrogens with two attached hydrogens (primary N) is 1. The zero-order valence-corrected chi connectivity index (χ0v) is 9.52. The minimum absolute atomic E-state index is 0. The van der Waals surface area contributed by atoms with Crippen molar-refractivity contribution in [3.8, 4) is 10.6 Å². The molecule has 0 aliphatic carbocycles. The van der Waals surface area contributed by atoms with E-state index in [9.17, 15) is 0 Å². The summed E-state index contributed by atoms with van der Waals surface area (Å²) in [6.07, 6.45) is 0. The third-order valence-corrected chi connectivity index (χ3v) is 2.83. The van der Waals surface area contributed by atoms with Gasteiger partial charge in [0, 0.05) is 16.6 Å². The van der Waals surface area contributed by atoms with Crippen LogP contribution >= 0.6 is 23.7 Å². The Bertz CT molecular complexity index is 444. The SMILES string of the molecule is Cl.Nc1ccccc1-c1nc(CO)cs1. The lowest BCUT2D eigenvalue weighted by Gasteiger charge is -1.99. The van der Waals surface area contributed by atoms with Crippen molar-refractivity contribution in [3.05, 3.63) is 35.3 Å². The van der Waals surface area contributed by atoms with E-state index < -0.39 is 0 Å². The summed E-state index contributed by atoms with van der Waals surface area (Å²) in [6.45, 7) is -0.0246. The fourth-order valence-electron chi connectivity index (χ4n) is 1.20. The van der Waals surface area contributed by atoms with Crippen LogP contribution in [0.15, 0.2) is 29.6 Å². The Morgan fingerprint density at radius 1 is 1.33 bits per heavy atom. The first kappa shape index (κ1) is 12.0. The zero-order valence-electron chi connectivity index (χ0n) is 7.88. The fourth-order valence-corrected chi connectivity index (χ4v) is 2.05. The van der Waals surface area contributed by atoms with Crippen LogP contribution in [0.3, 0.4) is 0 Å². The molecule has 0 aliphatic rings. The van der Waals surface area contributed by atoms with Crippen molar-refractivity contribution in [3.63, 3.8) is 0 Å². The number of rotatable bonds is 2. The highest BCUT2D eigenvalue weighted by atomic mass is 35.5. The third-order valence-electron chi connectivity index (χ3n) is 1.90. The lowest BCUT2D eigenvalue weighted by atomic mass is 10.2. The standard InChI is InChI=1S/C10H10N2OS.ClH/c11-9-4-2-1-3-8(9)10-12-7(5-13)6-14-10;/h1-4,6,13H,5,11H2;1H. The molecule has 0 bridgehead atoms. The molecule has 1 aromatic carbocycles. The zero-order chi connectivity index (χ0) is 9.97. The van der Waals surface area contributed by atoms with Gasteiger partial charge in [-0.05, 0) is 12.1 Å². The molecule has 0 aliphatic heterocycles. The minimum atomic E-state index is -0.0246. The number of aliphatic hydroxyl groups is 1. The third kappa shape index (κ3) is 2.47. The average molecular weight is 243 g/mol. The van der Waals surface area contributed by atoms with Crippen molar-refractivity contribution in [2.24, 2.45) is 0 Å². The predicted molar refractivity (Wildman–Crippen MR) is 65.1 cm³/mol. The molecule has 5 heteroatoms. The average Bonchev–Trinajstić information content (AvgIpc) is 2.67. The van der Waals surface area contributed by atoms with E-state index in [1.54, 1.807) is 0 Å². The maximum Gasteiger partial charge on any atom is 0.125 e. The van der Waals surface area contributed by atoms with Gasteiger partial charge in [-0.3, -0.25) is 0 Å². The number of hydrogen-bond donors (Lipinski definition) is 2. The number of benzene rings is 1. The Morgan fingerprint density at radius 2 is 2.07 bits per heavy atom. The van der Waals surface area contributed by atoms with Crippen LogP contribution in [0.5, 0.6) is 0 Å². The van der Waals surface area contributed by atoms with Crippen LogP contribution < -0.4 is 5.73 Å². The second-order valence-electron chi connectivity index (χ2n) is 2.89. The molecule has 1 heterocycles. The number of para-hydroxylation sites is 1. The van der Waals surface area contributed by atoms with Gasteiger partial charge in [-0.25, -0.2) is 4.98 Å². The van der Waals surface area contributed by atoms with Crippen molar-refractivity contribution in [2.45, 2.75) is 6.61 Å². The molecule has 0 saturated heterocycles. The number of anilines is 1. The second kappa shape index (κ2) is 5.11. The molecular formula is C10H11ClN2OS. The lowest BCUT2D eigenvalue weighted by Crippen LogP contribution is -1.89. The van der Waals surface area contributed by atoms with Gasteiger partial charge in [-0.1, -0.05) is 12.1 Å². The van der Waals surface area contributed by atoms with Gasteiger partial charge in [0.1, 0.15) is 5.01 Å². The number of aliphatic hydroxyl groups excluding tert-OH is 1. The number of aromatic nitrogens is 1. The first-order chi connectivity index (χ1) is 6.81. The van der Waals surface area contributed by atoms with E-state index in [0.717, 1.165) is 10.6 Å². The molecule has 2 rings (SSSR count). The van der Waals surface area contributed by atoms with Gasteiger partial charge >= 0.3 is 0 Å². The van der Waals surface area contributed by atoms with E-state index in [1.807, 2.05) is 29.6 Å². The molecule has 1 aromatic heterocycles. The Balaban J connectivity index is 0.00000112. The van der Waals surface area contributed by atoms with E-state index in [2.05, 4.69) is 4.98 Å². The monoisotopic (exact) mass is 242 g/mol.